The first-order valence-corrected chi connectivity index (χ1v) is 8.39. The van der Waals surface area contributed by atoms with Crippen molar-refractivity contribution in [1.29, 1.82) is 5.26 Å². The Bertz CT molecular complexity index is 1080. The highest BCUT2D eigenvalue weighted by atomic mass is 19.1. The van der Waals surface area contributed by atoms with Crippen molar-refractivity contribution in [3.63, 3.8) is 0 Å². The molecule has 0 saturated heterocycles. The van der Waals surface area contributed by atoms with Crippen molar-refractivity contribution in [3.8, 4) is 11.8 Å². The maximum atomic E-state index is 13.8. The Balaban J connectivity index is 2.14. The summed E-state index contributed by atoms with van der Waals surface area (Å²) in [4.78, 5) is 4.33. The number of aromatic nitrogens is 1. The summed E-state index contributed by atoms with van der Waals surface area (Å²) in [5.41, 5.74) is 6.33. The lowest BCUT2D eigenvalue weighted by atomic mass is 10.0. The van der Waals surface area contributed by atoms with Crippen molar-refractivity contribution >= 4 is 17.1 Å². The van der Waals surface area contributed by atoms with Crippen molar-refractivity contribution in [3.05, 3.63) is 64.1 Å². The highest BCUT2D eigenvalue weighted by molar-refractivity contribution is 5.97. The molecule has 3 nitrogen and oxygen atoms in total. The van der Waals surface area contributed by atoms with Gasteiger partial charge in [0.15, 0.2) is 0 Å². The molecule has 0 bridgehead atoms. The van der Waals surface area contributed by atoms with Gasteiger partial charge >= 0.3 is 0 Å². The van der Waals surface area contributed by atoms with Crippen LogP contribution in [0.25, 0.3) is 16.6 Å². The lowest BCUT2D eigenvalue weighted by Gasteiger charge is -2.15. The SMILES string of the molecule is Cc1cc(-n2c(C(C)C)c(C#N)c3cc4c(cc32)C=NC4)ccc1F. The number of fused-ring (bicyclic) bond motifs is 2. The first-order chi connectivity index (χ1) is 12.0. The van der Waals surface area contributed by atoms with Gasteiger partial charge < -0.3 is 4.57 Å². The summed E-state index contributed by atoms with van der Waals surface area (Å²) in [6.45, 7) is 6.58. The Morgan fingerprint density at radius 3 is 2.72 bits per heavy atom. The molecule has 2 heterocycles. The lowest BCUT2D eigenvalue weighted by Crippen LogP contribution is -2.04. The summed E-state index contributed by atoms with van der Waals surface area (Å²) in [6, 6.07) is 11.7. The molecule has 25 heavy (non-hydrogen) atoms. The molecule has 2 aromatic carbocycles. The van der Waals surface area contributed by atoms with Crippen molar-refractivity contribution in [1.82, 2.24) is 4.57 Å². The van der Waals surface area contributed by atoms with Gasteiger partial charge in [-0.1, -0.05) is 13.8 Å². The molecule has 0 unspecified atom stereocenters. The van der Waals surface area contributed by atoms with E-state index in [1.54, 1.807) is 13.0 Å². The van der Waals surface area contributed by atoms with Gasteiger partial charge in [0.05, 0.1) is 17.6 Å². The number of nitriles is 1. The van der Waals surface area contributed by atoms with Gasteiger partial charge in [-0.05, 0) is 59.9 Å². The number of rotatable bonds is 2. The van der Waals surface area contributed by atoms with E-state index in [9.17, 15) is 9.65 Å². The summed E-state index contributed by atoms with van der Waals surface area (Å²) < 4.78 is 15.9. The Morgan fingerprint density at radius 2 is 2.04 bits per heavy atom. The Hall–Kier alpha value is -2.93. The van der Waals surface area contributed by atoms with Crippen LogP contribution < -0.4 is 0 Å². The molecule has 0 spiro atoms. The summed E-state index contributed by atoms with van der Waals surface area (Å²) in [7, 11) is 0. The van der Waals surface area contributed by atoms with Crippen LogP contribution in [0.4, 0.5) is 4.39 Å². The number of nitrogens with zero attached hydrogens (tertiary/aromatic N) is 3. The molecule has 0 fully saturated rings. The maximum Gasteiger partial charge on any atom is 0.126 e. The number of halogens is 1. The van der Waals surface area contributed by atoms with E-state index in [-0.39, 0.29) is 11.7 Å². The Kier molecular flexibility index (Phi) is 3.47. The van der Waals surface area contributed by atoms with Gasteiger partial charge in [-0.3, -0.25) is 4.99 Å². The quantitative estimate of drug-likeness (QED) is 0.651. The molecule has 4 heteroatoms. The monoisotopic (exact) mass is 331 g/mol. The number of aryl methyl sites for hydroxylation is 1. The highest BCUT2D eigenvalue weighted by Crippen LogP contribution is 2.36. The highest BCUT2D eigenvalue weighted by Gasteiger charge is 2.23. The van der Waals surface area contributed by atoms with Crippen LogP contribution in [-0.2, 0) is 6.54 Å². The first-order valence-electron chi connectivity index (χ1n) is 8.39. The van der Waals surface area contributed by atoms with E-state index < -0.39 is 0 Å². The average molecular weight is 331 g/mol. The third-order valence-corrected chi connectivity index (χ3v) is 4.82. The fraction of sp³-hybridized carbons (Fsp3) is 0.238. The molecule has 0 aliphatic carbocycles. The molecule has 0 N–H and O–H groups in total. The minimum absolute atomic E-state index is 0.163. The number of hydrogen-bond acceptors (Lipinski definition) is 2. The van der Waals surface area contributed by atoms with Crippen LogP contribution >= 0.6 is 0 Å². The van der Waals surface area contributed by atoms with Crippen LogP contribution in [-0.4, -0.2) is 10.8 Å². The normalized spacial score (nSPS) is 12.8. The maximum absolute atomic E-state index is 13.8. The van der Waals surface area contributed by atoms with Crippen molar-refractivity contribution < 1.29 is 4.39 Å². The minimum atomic E-state index is -0.222. The summed E-state index contributed by atoms with van der Waals surface area (Å²) in [5, 5.41) is 10.8. The third-order valence-electron chi connectivity index (χ3n) is 4.82. The van der Waals surface area contributed by atoms with Gasteiger partial charge in [0, 0.05) is 23.0 Å². The lowest BCUT2D eigenvalue weighted by molar-refractivity contribution is 0.618. The number of aliphatic imine (C=N–C) groups is 1. The molecule has 0 radical (unpaired) electrons. The number of benzene rings is 2. The number of hydrogen-bond donors (Lipinski definition) is 0. The standard InChI is InChI=1S/C21H18FN3/c1-12(2)21-18(9-23)17-7-14-10-24-11-15(14)8-20(17)25(21)16-4-5-19(22)13(3)6-16/h4-8,11-12H,10H2,1-3H3. The predicted octanol–water partition coefficient (Wildman–Crippen LogP) is 5.01. The smallest absolute Gasteiger partial charge is 0.126 e. The largest absolute Gasteiger partial charge is 0.312 e. The van der Waals surface area contributed by atoms with E-state index in [0.717, 1.165) is 33.4 Å². The Labute approximate surface area is 146 Å². The van der Waals surface area contributed by atoms with Crippen LogP contribution in [0.2, 0.25) is 0 Å². The molecule has 3 aromatic rings. The van der Waals surface area contributed by atoms with Crippen LogP contribution in [0.1, 0.15) is 47.7 Å². The Morgan fingerprint density at radius 1 is 1.24 bits per heavy atom. The molecule has 1 aliphatic rings. The van der Waals surface area contributed by atoms with Gasteiger partial charge in [-0.25, -0.2) is 4.39 Å². The average Bonchev–Trinajstić information content (AvgIpc) is 3.16. The fourth-order valence-corrected chi connectivity index (χ4v) is 3.62. The van der Waals surface area contributed by atoms with Gasteiger partial charge in [0.2, 0.25) is 0 Å². The van der Waals surface area contributed by atoms with E-state index >= 15 is 0 Å². The van der Waals surface area contributed by atoms with E-state index in [1.807, 2.05) is 12.3 Å². The van der Waals surface area contributed by atoms with Crippen molar-refractivity contribution in [2.24, 2.45) is 4.99 Å². The van der Waals surface area contributed by atoms with Gasteiger partial charge in [-0.15, -0.1) is 0 Å². The molecule has 0 atom stereocenters. The summed E-state index contributed by atoms with van der Waals surface area (Å²) >= 11 is 0. The second kappa shape index (κ2) is 5.56. The van der Waals surface area contributed by atoms with Crippen LogP contribution in [0, 0.1) is 24.1 Å². The zero-order chi connectivity index (χ0) is 17.7. The van der Waals surface area contributed by atoms with Gasteiger partial charge in [0.1, 0.15) is 11.9 Å². The zero-order valence-corrected chi connectivity index (χ0v) is 14.5. The molecule has 1 aromatic heterocycles. The van der Waals surface area contributed by atoms with Crippen molar-refractivity contribution in [2.75, 3.05) is 0 Å². The molecular formula is C21H18FN3. The van der Waals surface area contributed by atoms with E-state index in [4.69, 9.17) is 0 Å². The fourth-order valence-electron chi connectivity index (χ4n) is 3.62. The van der Waals surface area contributed by atoms with Crippen LogP contribution in [0.3, 0.4) is 0 Å². The van der Waals surface area contributed by atoms with E-state index in [2.05, 4.69) is 41.6 Å². The minimum Gasteiger partial charge on any atom is -0.312 e. The summed E-state index contributed by atoms with van der Waals surface area (Å²) in [5.74, 6) is -0.0595. The first kappa shape index (κ1) is 15.6. The summed E-state index contributed by atoms with van der Waals surface area (Å²) in [6.07, 6.45) is 1.88. The van der Waals surface area contributed by atoms with E-state index in [1.165, 1.54) is 6.07 Å². The van der Waals surface area contributed by atoms with Crippen molar-refractivity contribution in [2.45, 2.75) is 33.2 Å². The zero-order valence-electron chi connectivity index (χ0n) is 14.5. The second-order valence-corrected chi connectivity index (χ2v) is 6.83. The third kappa shape index (κ3) is 2.27. The van der Waals surface area contributed by atoms with E-state index in [0.29, 0.717) is 17.7 Å². The molecular weight excluding hydrogens is 313 g/mol. The second-order valence-electron chi connectivity index (χ2n) is 6.83. The molecule has 0 amide bonds. The molecule has 0 saturated carbocycles. The van der Waals surface area contributed by atoms with Crippen LogP contribution in [0.15, 0.2) is 35.3 Å². The topological polar surface area (TPSA) is 41.1 Å². The van der Waals surface area contributed by atoms with Crippen LogP contribution in [0.5, 0.6) is 0 Å². The van der Waals surface area contributed by atoms with Gasteiger partial charge in [-0.2, -0.15) is 5.26 Å². The molecule has 1 aliphatic heterocycles. The molecule has 4 rings (SSSR count). The van der Waals surface area contributed by atoms with Gasteiger partial charge in [0.25, 0.3) is 0 Å². The predicted molar refractivity (Wildman–Crippen MR) is 98.1 cm³/mol. The molecule has 124 valence electrons.